The smallest absolute Gasteiger partial charge is 0.0511 e. The number of hydrogen-bond donors (Lipinski definition) is 1. The van der Waals surface area contributed by atoms with Crippen LogP contribution in [-0.2, 0) is 0 Å². The average molecular weight is 266 g/mol. The van der Waals surface area contributed by atoms with E-state index >= 15 is 0 Å². The van der Waals surface area contributed by atoms with Crippen LogP contribution in [0.1, 0.15) is 36.4 Å². The summed E-state index contributed by atoms with van der Waals surface area (Å²) in [6, 6.07) is 6.47. The Morgan fingerprint density at radius 1 is 1.40 bits per heavy atom. The number of allylic oxidation sites excluding steroid dienone is 1. The van der Waals surface area contributed by atoms with Crippen LogP contribution in [0.5, 0.6) is 0 Å². The predicted molar refractivity (Wildman–Crippen MR) is 67.7 cm³/mol. The first-order chi connectivity index (χ1) is 7.18. The molecule has 0 saturated carbocycles. The van der Waals surface area contributed by atoms with Crippen LogP contribution in [0.25, 0.3) is 0 Å². The lowest BCUT2D eigenvalue weighted by atomic mass is 9.98. The summed E-state index contributed by atoms with van der Waals surface area (Å²) < 4.78 is 1.15. The fourth-order valence-corrected chi connectivity index (χ4v) is 2.30. The summed E-state index contributed by atoms with van der Waals surface area (Å²) in [5.74, 6) is 0. The maximum absolute atomic E-state index is 6.24. The molecule has 0 aromatic heterocycles. The maximum Gasteiger partial charge on any atom is 0.0511 e. The van der Waals surface area contributed by atoms with Gasteiger partial charge in [-0.2, -0.15) is 0 Å². The lowest BCUT2D eigenvalue weighted by Crippen LogP contribution is -2.12. The summed E-state index contributed by atoms with van der Waals surface area (Å²) in [4.78, 5) is 0. The lowest BCUT2D eigenvalue weighted by Gasteiger charge is -2.14. The summed E-state index contributed by atoms with van der Waals surface area (Å²) in [5.41, 5.74) is 10.1. The Morgan fingerprint density at radius 2 is 2.20 bits per heavy atom. The van der Waals surface area contributed by atoms with Gasteiger partial charge in [0.05, 0.1) is 6.04 Å². The Labute approximate surface area is 99.5 Å². The first kappa shape index (κ1) is 10.9. The molecule has 1 aliphatic rings. The number of hydrogen-bond acceptors (Lipinski definition) is 1. The quantitative estimate of drug-likeness (QED) is 0.808. The van der Waals surface area contributed by atoms with Crippen molar-refractivity contribution >= 4 is 15.9 Å². The second kappa shape index (κ2) is 4.50. The minimum absolute atomic E-state index is 0.0966. The minimum atomic E-state index is 0.0966. The Kier molecular flexibility index (Phi) is 3.27. The molecule has 1 unspecified atom stereocenters. The predicted octanol–water partition coefficient (Wildman–Crippen LogP) is 3.87. The highest BCUT2D eigenvalue weighted by molar-refractivity contribution is 9.10. The van der Waals surface area contributed by atoms with Crippen LogP contribution in [-0.4, -0.2) is 0 Å². The Balaban J connectivity index is 2.25. The first-order valence-electron chi connectivity index (χ1n) is 5.39. The summed E-state index contributed by atoms with van der Waals surface area (Å²) in [5, 5.41) is 0. The topological polar surface area (TPSA) is 26.0 Å². The van der Waals surface area contributed by atoms with Crippen molar-refractivity contribution in [2.75, 3.05) is 0 Å². The van der Waals surface area contributed by atoms with E-state index in [0.29, 0.717) is 0 Å². The molecule has 1 nitrogen and oxygen atoms in total. The molecule has 0 fully saturated rings. The van der Waals surface area contributed by atoms with Gasteiger partial charge in [0.15, 0.2) is 0 Å². The van der Waals surface area contributed by atoms with E-state index in [1.54, 1.807) is 0 Å². The number of rotatable bonds is 2. The van der Waals surface area contributed by atoms with Crippen LogP contribution >= 0.6 is 15.9 Å². The summed E-state index contributed by atoms with van der Waals surface area (Å²) in [7, 11) is 0. The van der Waals surface area contributed by atoms with Gasteiger partial charge in [-0.1, -0.05) is 39.7 Å². The zero-order valence-electron chi connectivity index (χ0n) is 8.96. The van der Waals surface area contributed by atoms with Gasteiger partial charge in [0, 0.05) is 4.47 Å². The van der Waals surface area contributed by atoms with E-state index in [9.17, 15) is 0 Å². The van der Waals surface area contributed by atoms with E-state index in [1.165, 1.54) is 29.5 Å². The van der Waals surface area contributed by atoms with Crippen LogP contribution < -0.4 is 5.73 Å². The van der Waals surface area contributed by atoms with E-state index in [1.807, 2.05) is 0 Å². The van der Waals surface area contributed by atoms with Crippen molar-refractivity contribution in [1.29, 1.82) is 0 Å². The molecule has 0 amide bonds. The molecule has 0 radical (unpaired) electrons. The van der Waals surface area contributed by atoms with Crippen LogP contribution in [0.3, 0.4) is 0 Å². The van der Waals surface area contributed by atoms with Crippen LogP contribution in [0.2, 0.25) is 0 Å². The van der Waals surface area contributed by atoms with Gasteiger partial charge in [-0.15, -0.1) is 0 Å². The van der Waals surface area contributed by atoms with E-state index in [4.69, 9.17) is 5.73 Å². The molecule has 15 heavy (non-hydrogen) atoms. The molecule has 1 aromatic rings. The first-order valence-corrected chi connectivity index (χ1v) is 6.18. The average Bonchev–Trinajstić information content (AvgIpc) is 2.74. The summed E-state index contributed by atoms with van der Waals surface area (Å²) in [6.07, 6.45) is 5.91. The Bertz CT molecular complexity index is 396. The van der Waals surface area contributed by atoms with Gasteiger partial charge < -0.3 is 5.73 Å². The van der Waals surface area contributed by atoms with Crippen molar-refractivity contribution < 1.29 is 0 Å². The summed E-state index contributed by atoms with van der Waals surface area (Å²) in [6.45, 7) is 2.10. The van der Waals surface area contributed by atoms with Crippen molar-refractivity contribution in [3.63, 3.8) is 0 Å². The number of halogens is 1. The summed E-state index contributed by atoms with van der Waals surface area (Å²) >= 11 is 3.51. The molecule has 2 N–H and O–H groups in total. The molecule has 1 aliphatic carbocycles. The van der Waals surface area contributed by atoms with Crippen LogP contribution in [0, 0.1) is 6.92 Å². The number of benzene rings is 1. The van der Waals surface area contributed by atoms with Gasteiger partial charge in [-0.05, 0) is 43.4 Å². The fourth-order valence-electron chi connectivity index (χ4n) is 2.05. The molecule has 80 valence electrons. The molecule has 2 rings (SSSR count). The monoisotopic (exact) mass is 265 g/mol. The second-order valence-corrected chi connectivity index (χ2v) is 5.01. The highest BCUT2D eigenvalue weighted by atomic mass is 79.9. The standard InChI is InChI=1S/C13H16BrN/c1-9-8-11(6-7-12(9)14)13(15)10-4-2-3-5-10/h4,6-8,13H,2-3,5,15H2,1H3. The Hall–Kier alpha value is -0.600. The van der Waals surface area contributed by atoms with E-state index in [2.05, 4.69) is 47.1 Å². The van der Waals surface area contributed by atoms with Crippen molar-refractivity contribution in [2.45, 2.75) is 32.2 Å². The second-order valence-electron chi connectivity index (χ2n) is 4.16. The van der Waals surface area contributed by atoms with Crippen molar-refractivity contribution in [3.8, 4) is 0 Å². The third-order valence-corrected chi connectivity index (χ3v) is 3.91. The molecule has 0 bridgehead atoms. The minimum Gasteiger partial charge on any atom is -0.321 e. The molecular formula is C13H16BrN. The van der Waals surface area contributed by atoms with Gasteiger partial charge in [-0.3, -0.25) is 0 Å². The number of nitrogens with two attached hydrogens (primary N) is 1. The molecule has 1 atom stereocenters. The molecule has 0 aliphatic heterocycles. The number of aryl methyl sites for hydroxylation is 1. The third-order valence-electron chi connectivity index (χ3n) is 3.02. The normalized spacial score (nSPS) is 17.7. The molecule has 0 saturated heterocycles. The van der Waals surface area contributed by atoms with Crippen molar-refractivity contribution in [2.24, 2.45) is 5.73 Å². The van der Waals surface area contributed by atoms with Gasteiger partial charge in [0.1, 0.15) is 0 Å². The van der Waals surface area contributed by atoms with Gasteiger partial charge >= 0.3 is 0 Å². The van der Waals surface area contributed by atoms with Gasteiger partial charge in [-0.25, -0.2) is 0 Å². The van der Waals surface area contributed by atoms with Crippen molar-refractivity contribution in [3.05, 3.63) is 45.4 Å². The zero-order chi connectivity index (χ0) is 10.8. The van der Waals surface area contributed by atoms with Crippen LogP contribution in [0.4, 0.5) is 0 Å². The van der Waals surface area contributed by atoms with Gasteiger partial charge in [0.25, 0.3) is 0 Å². The van der Waals surface area contributed by atoms with E-state index in [0.717, 1.165) is 10.9 Å². The maximum atomic E-state index is 6.24. The van der Waals surface area contributed by atoms with Gasteiger partial charge in [0.2, 0.25) is 0 Å². The zero-order valence-corrected chi connectivity index (χ0v) is 10.5. The third kappa shape index (κ3) is 2.32. The van der Waals surface area contributed by atoms with Crippen LogP contribution in [0.15, 0.2) is 34.3 Å². The molecule has 1 aromatic carbocycles. The SMILES string of the molecule is Cc1cc(C(N)C2=CCCC2)ccc1Br. The largest absolute Gasteiger partial charge is 0.321 e. The molecule has 0 spiro atoms. The Morgan fingerprint density at radius 3 is 2.80 bits per heavy atom. The lowest BCUT2D eigenvalue weighted by molar-refractivity contribution is 0.784. The molecule has 2 heteroatoms. The highest BCUT2D eigenvalue weighted by Crippen LogP contribution is 2.30. The van der Waals surface area contributed by atoms with Crippen molar-refractivity contribution in [1.82, 2.24) is 0 Å². The fraction of sp³-hybridized carbons (Fsp3) is 0.385. The van der Waals surface area contributed by atoms with E-state index in [-0.39, 0.29) is 6.04 Å². The molecular weight excluding hydrogens is 250 g/mol. The highest BCUT2D eigenvalue weighted by Gasteiger charge is 2.15. The van der Waals surface area contributed by atoms with E-state index < -0.39 is 0 Å². The molecule has 0 heterocycles.